The Morgan fingerprint density at radius 1 is 0.912 bits per heavy atom. The first-order chi connectivity index (χ1) is 16.5. The minimum Gasteiger partial charge on any atom is -0.489 e. The molecule has 0 aliphatic carbocycles. The molecule has 0 aliphatic heterocycles. The van der Waals surface area contributed by atoms with Gasteiger partial charge in [-0.2, -0.15) is 0 Å². The molecule has 0 saturated heterocycles. The lowest BCUT2D eigenvalue weighted by Crippen LogP contribution is -2.38. The van der Waals surface area contributed by atoms with Crippen molar-refractivity contribution in [2.24, 2.45) is 14.1 Å². The first-order valence-electron chi connectivity index (χ1n) is 10.8. The van der Waals surface area contributed by atoms with Crippen LogP contribution >= 0.6 is 0 Å². The van der Waals surface area contributed by atoms with Crippen LogP contribution in [0, 0.1) is 0 Å². The molecule has 0 radical (unpaired) electrons. The third-order valence-electron chi connectivity index (χ3n) is 5.86. The summed E-state index contributed by atoms with van der Waals surface area (Å²) in [6.07, 6.45) is 0. The van der Waals surface area contributed by atoms with Gasteiger partial charge in [0, 0.05) is 33.3 Å². The summed E-state index contributed by atoms with van der Waals surface area (Å²) in [5, 5.41) is 8.73. The predicted molar refractivity (Wildman–Crippen MR) is 127 cm³/mol. The molecule has 0 saturated carbocycles. The molecule has 3 aromatic heterocycles. The number of benzene rings is 2. The number of nitrogens with zero attached hydrogens (tertiary/aromatic N) is 6. The van der Waals surface area contributed by atoms with E-state index < -0.39 is 11.2 Å². The van der Waals surface area contributed by atoms with Crippen molar-refractivity contribution in [2.45, 2.75) is 13.2 Å². The van der Waals surface area contributed by atoms with Gasteiger partial charge in [0.25, 0.3) is 5.56 Å². The molecule has 5 aromatic rings. The van der Waals surface area contributed by atoms with Crippen molar-refractivity contribution < 1.29 is 9.47 Å². The van der Waals surface area contributed by atoms with E-state index in [0.717, 1.165) is 21.4 Å². The molecule has 0 amide bonds. The van der Waals surface area contributed by atoms with Crippen molar-refractivity contribution in [2.75, 3.05) is 13.7 Å². The molecule has 0 bridgehead atoms. The molecule has 174 valence electrons. The monoisotopic (exact) mass is 460 g/mol. The number of hydrogen-bond donors (Lipinski definition) is 0. The van der Waals surface area contributed by atoms with Crippen molar-refractivity contribution in [1.29, 1.82) is 0 Å². The van der Waals surface area contributed by atoms with Gasteiger partial charge in [0.2, 0.25) is 5.78 Å². The Kier molecular flexibility index (Phi) is 5.50. The fourth-order valence-corrected chi connectivity index (χ4v) is 4.08. The number of fused-ring (bicyclic) bond motifs is 3. The first-order valence-corrected chi connectivity index (χ1v) is 10.8. The number of rotatable bonds is 7. The SMILES string of the molecule is COCCn1c2c(=O)n(C)c(=O)n(C)c2n2c(-c3ccc(OCc4ccccc4)cc3)nnc12. The van der Waals surface area contributed by atoms with Gasteiger partial charge >= 0.3 is 5.69 Å². The highest BCUT2D eigenvalue weighted by atomic mass is 16.5. The van der Waals surface area contributed by atoms with Crippen molar-refractivity contribution in [3.8, 4) is 17.1 Å². The van der Waals surface area contributed by atoms with Crippen molar-refractivity contribution in [1.82, 2.24) is 28.3 Å². The zero-order valence-corrected chi connectivity index (χ0v) is 19.1. The molecule has 0 fully saturated rings. The molecule has 3 heterocycles. The lowest BCUT2D eigenvalue weighted by atomic mass is 10.2. The van der Waals surface area contributed by atoms with Crippen molar-refractivity contribution in [3.63, 3.8) is 0 Å². The Bertz CT molecular complexity index is 1590. The first kappa shape index (κ1) is 21.7. The molecule has 10 heteroatoms. The van der Waals surface area contributed by atoms with Gasteiger partial charge in [-0.15, -0.1) is 10.2 Å². The van der Waals surface area contributed by atoms with E-state index >= 15 is 0 Å². The van der Waals surface area contributed by atoms with Gasteiger partial charge in [-0.05, 0) is 29.8 Å². The highest BCUT2D eigenvalue weighted by molar-refractivity contribution is 5.79. The fraction of sp³-hybridized carbons (Fsp3) is 0.250. The van der Waals surface area contributed by atoms with Crippen molar-refractivity contribution in [3.05, 3.63) is 81.0 Å². The average molecular weight is 460 g/mol. The standard InChI is InChI=1S/C24H24N6O4/c1-27-21-19(22(31)28(2)24(27)32)29(13-14-33-3)23-26-25-20(30(21)23)17-9-11-18(12-10-17)34-15-16-7-5-4-6-8-16/h4-12H,13-15H2,1-3H3. The Labute approximate surface area is 194 Å². The molecular weight excluding hydrogens is 436 g/mol. The maximum atomic E-state index is 13.0. The van der Waals surface area contributed by atoms with Crippen LogP contribution in [0.15, 0.2) is 64.2 Å². The summed E-state index contributed by atoms with van der Waals surface area (Å²) in [5.74, 6) is 1.70. The van der Waals surface area contributed by atoms with Gasteiger partial charge in [-0.1, -0.05) is 30.3 Å². The number of hydrogen-bond acceptors (Lipinski definition) is 6. The van der Waals surface area contributed by atoms with Gasteiger partial charge in [0.15, 0.2) is 17.0 Å². The van der Waals surface area contributed by atoms with E-state index in [1.165, 1.54) is 11.6 Å². The fourth-order valence-electron chi connectivity index (χ4n) is 4.08. The van der Waals surface area contributed by atoms with Gasteiger partial charge in [-0.3, -0.25) is 13.9 Å². The van der Waals surface area contributed by atoms with Gasteiger partial charge < -0.3 is 14.0 Å². The van der Waals surface area contributed by atoms with E-state index in [0.29, 0.717) is 42.5 Å². The number of methoxy groups -OCH3 is 1. The van der Waals surface area contributed by atoms with Crippen LogP contribution in [-0.2, 0) is 32.0 Å². The third kappa shape index (κ3) is 3.48. The predicted octanol–water partition coefficient (Wildman–Crippen LogP) is 1.97. The molecule has 0 unspecified atom stereocenters. The molecule has 0 N–H and O–H groups in total. The van der Waals surface area contributed by atoms with E-state index in [9.17, 15) is 9.59 Å². The average Bonchev–Trinajstić information content (AvgIpc) is 3.43. The zero-order valence-electron chi connectivity index (χ0n) is 19.1. The largest absolute Gasteiger partial charge is 0.489 e. The van der Waals surface area contributed by atoms with Gasteiger partial charge in [0.05, 0.1) is 6.61 Å². The summed E-state index contributed by atoms with van der Waals surface area (Å²) in [5.41, 5.74) is 1.85. The lowest BCUT2D eigenvalue weighted by Gasteiger charge is -2.08. The van der Waals surface area contributed by atoms with Crippen LogP contribution in [0.2, 0.25) is 0 Å². The zero-order chi connectivity index (χ0) is 23.8. The van der Waals surface area contributed by atoms with Crippen LogP contribution in [-0.4, -0.2) is 42.0 Å². The molecule has 2 aromatic carbocycles. The Balaban J connectivity index is 1.61. The highest BCUT2D eigenvalue weighted by Crippen LogP contribution is 2.26. The Morgan fingerprint density at radius 2 is 1.65 bits per heavy atom. The molecule has 5 rings (SSSR count). The van der Waals surface area contributed by atoms with Gasteiger partial charge in [-0.25, -0.2) is 9.20 Å². The quantitative estimate of drug-likeness (QED) is 0.368. The second-order valence-electron chi connectivity index (χ2n) is 7.98. The second-order valence-corrected chi connectivity index (χ2v) is 7.98. The van der Waals surface area contributed by atoms with Crippen LogP contribution in [0.3, 0.4) is 0 Å². The molecular formula is C24H24N6O4. The van der Waals surface area contributed by atoms with E-state index in [-0.39, 0.29) is 0 Å². The highest BCUT2D eigenvalue weighted by Gasteiger charge is 2.23. The second kappa shape index (κ2) is 8.64. The summed E-state index contributed by atoms with van der Waals surface area (Å²) in [6.45, 7) is 1.23. The number of aryl methyl sites for hydroxylation is 1. The van der Waals surface area contributed by atoms with Crippen LogP contribution in [0.4, 0.5) is 0 Å². The smallest absolute Gasteiger partial charge is 0.332 e. The van der Waals surface area contributed by atoms with E-state index in [4.69, 9.17) is 9.47 Å². The third-order valence-corrected chi connectivity index (χ3v) is 5.86. The molecule has 0 atom stereocenters. The minimum atomic E-state index is -0.424. The lowest BCUT2D eigenvalue weighted by molar-refractivity contribution is 0.189. The Morgan fingerprint density at radius 3 is 2.35 bits per heavy atom. The van der Waals surface area contributed by atoms with Crippen LogP contribution in [0.5, 0.6) is 5.75 Å². The van der Waals surface area contributed by atoms with Gasteiger partial charge in [0.1, 0.15) is 12.4 Å². The number of aromatic nitrogens is 6. The van der Waals surface area contributed by atoms with Crippen molar-refractivity contribution >= 4 is 16.9 Å². The van der Waals surface area contributed by atoms with Crippen LogP contribution in [0.25, 0.3) is 28.3 Å². The molecule has 10 nitrogen and oxygen atoms in total. The summed E-state index contributed by atoms with van der Waals surface area (Å²) >= 11 is 0. The van der Waals surface area contributed by atoms with E-state index in [1.807, 2.05) is 54.6 Å². The summed E-state index contributed by atoms with van der Waals surface area (Å²) in [6, 6.07) is 17.4. The summed E-state index contributed by atoms with van der Waals surface area (Å²) in [4.78, 5) is 25.7. The van der Waals surface area contributed by atoms with E-state index in [1.54, 1.807) is 23.1 Å². The normalized spacial score (nSPS) is 11.5. The summed E-state index contributed by atoms with van der Waals surface area (Å²) in [7, 11) is 4.69. The maximum absolute atomic E-state index is 13.0. The minimum absolute atomic E-state index is 0.371. The molecule has 0 spiro atoms. The van der Waals surface area contributed by atoms with Crippen LogP contribution < -0.4 is 16.0 Å². The maximum Gasteiger partial charge on any atom is 0.332 e. The number of ether oxygens (including phenoxy) is 2. The topological polar surface area (TPSA) is 97.6 Å². The summed E-state index contributed by atoms with van der Waals surface area (Å²) < 4.78 is 17.1. The number of imidazole rings is 1. The molecule has 34 heavy (non-hydrogen) atoms. The van der Waals surface area contributed by atoms with Crippen LogP contribution in [0.1, 0.15) is 5.56 Å². The Hall–Kier alpha value is -4.18. The molecule has 0 aliphatic rings. The van der Waals surface area contributed by atoms with E-state index in [2.05, 4.69) is 10.2 Å².